The molecule has 0 aliphatic carbocycles. The lowest BCUT2D eigenvalue weighted by Crippen LogP contribution is -2.20. The number of rotatable bonds is 35. The van der Waals surface area contributed by atoms with Gasteiger partial charge in [-0.1, -0.05) is 193 Å². The molecule has 1 rings (SSSR count). The fourth-order valence-corrected chi connectivity index (χ4v) is 6.59. The summed E-state index contributed by atoms with van der Waals surface area (Å²) in [4.78, 5) is 15.3. The molecule has 49 heavy (non-hydrogen) atoms. The first-order chi connectivity index (χ1) is 24.2. The minimum atomic E-state index is -0.0751. The van der Waals surface area contributed by atoms with E-state index in [1.807, 2.05) is 18.5 Å². The molecule has 0 N–H and O–H groups in total. The molecule has 4 nitrogen and oxygen atoms in total. The van der Waals surface area contributed by atoms with Crippen LogP contribution in [0, 0.1) is 0 Å². The Balaban J connectivity index is 2.35. The van der Waals surface area contributed by atoms with E-state index in [1.165, 1.54) is 180 Å². The first kappa shape index (κ1) is 44.8. The molecular formula is C45H79NO3. The minimum absolute atomic E-state index is 0.0751. The van der Waals surface area contributed by atoms with Crippen molar-refractivity contribution in [3.05, 3.63) is 48.3 Å². The minimum Gasteiger partial charge on any atom is -0.497 e. The fourth-order valence-electron chi connectivity index (χ4n) is 6.59. The molecule has 0 aliphatic heterocycles. The van der Waals surface area contributed by atoms with Gasteiger partial charge in [0.1, 0.15) is 11.5 Å². The fraction of sp³-hybridized carbons (Fsp3) is 0.756. The van der Waals surface area contributed by atoms with Crippen LogP contribution in [-0.4, -0.2) is 25.0 Å². The van der Waals surface area contributed by atoms with Crippen molar-refractivity contribution in [2.45, 2.75) is 206 Å². The van der Waals surface area contributed by atoms with Crippen molar-refractivity contribution in [1.29, 1.82) is 0 Å². The standard InChI is InChI=1S/C45H79NO3/c1-5-7-9-11-13-15-17-19-21-23-25-27-29-31-33-35-39-46(45(47)43-38-37-42(48-3)41-44(43)49-4)40-36-34-32-30-28-26-24-22-20-18-16-14-12-10-8-6-2/h35-41H,5-34H2,1-4H3. The quantitative estimate of drug-likeness (QED) is 0.0669. The number of carbonyl (C=O) groups is 1. The molecule has 1 amide bonds. The molecule has 1 aromatic rings. The van der Waals surface area contributed by atoms with Gasteiger partial charge in [-0.15, -0.1) is 0 Å². The van der Waals surface area contributed by atoms with Crippen molar-refractivity contribution in [3.8, 4) is 11.5 Å². The van der Waals surface area contributed by atoms with Crippen molar-refractivity contribution in [2.75, 3.05) is 14.2 Å². The summed E-state index contributed by atoms with van der Waals surface area (Å²) >= 11 is 0. The van der Waals surface area contributed by atoms with Crippen molar-refractivity contribution in [1.82, 2.24) is 4.90 Å². The van der Waals surface area contributed by atoms with Gasteiger partial charge < -0.3 is 9.47 Å². The van der Waals surface area contributed by atoms with Crippen LogP contribution in [0.2, 0.25) is 0 Å². The van der Waals surface area contributed by atoms with Crippen molar-refractivity contribution in [3.63, 3.8) is 0 Å². The van der Waals surface area contributed by atoms with E-state index in [2.05, 4.69) is 26.0 Å². The summed E-state index contributed by atoms with van der Waals surface area (Å²) < 4.78 is 10.9. The highest BCUT2D eigenvalue weighted by Crippen LogP contribution is 2.26. The molecule has 0 aliphatic rings. The van der Waals surface area contributed by atoms with E-state index in [9.17, 15) is 4.79 Å². The van der Waals surface area contributed by atoms with Crippen LogP contribution >= 0.6 is 0 Å². The Morgan fingerprint density at radius 2 is 0.857 bits per heavy atom. The molecular weight excluding hydrogens is 602 g/mol. The molecule has 0 aromatic heterocycles. The van der Waals surface area contributed by atoms with Gasteiger partial charge in [0.05, 0.1) is 19.8 Å². The Kier molecular flexibility index (Phi) is 31.3. The Labute approximate surface area is 304 Å². The Morgan fingerprint density at radius 3 is 1.18 bits per heavy atom. The number of allylic oxidation sites excluding steroid dienone is 2. The maximum absolute atomic E-state index is 13.6. The summed E-state index contributed by atoms with van der Waals surface area (Å²) in [5.74, 6) is 1.14. The molecule has 4 heteroatoms. The lowest BCUT2D eigenvalue weighted by Gasteiger charge is -2.16. The molecule has 282 valence electrons. The number of methoxy groups -OCH3 is 2. The maximum Gasteiger partial charge on any atom is 0.265 e. The highest BCUT2D eigenvalue weighted by molar-refractivity contribution is 5.98. The Morgan fingerprint density at radius 1 is 0.510 bits per heavy atom. The van der Waals surface area contributed by atoms with Gasteiger partial charge in [0, 0.05) is 18.5 Å². The summed E-state index contributed by atoms with van der Waals surface area (Å²) in [5, 5.41) is 0. The third kappa shape index (κ3) is 25.4. The summed E-state index contributed by atoms with van der Waals surface area (Å²) in [6.45, 7) is 4.58. The average molecular weight is 682 g/mol. The molecule has 0 radical (unpaired) electrons. The zero-order valence-corrected chi connectivity index (χ0v) is 32.9. The number of hydrogen-bond donors (Lipinski definition) is 0. The predicted octanol–water partition coefficient (Wildman–Crippen LogP) is 14.9. The zero-order chi connectivity index (χ0) is 35.5. The molecule has 0 fully saturated rings. The number of unbranched alkanes of at least 4 members (excludes halogenated alkanes) is 28. The molecule has 0 atom stereocenters. The van der Waals surface area contributed by atoms with Gasteiger partial charge in [-0.3, -0.25) is 9.69 Å². The van der Waals surface area contributed by atoms with Crippen LogP contribution in [0.4, 0.5) is 0 Å². The first-order valence-corrected chi connectivity index (χ1v) is 21.1. The zero-order valence-electron chi connectivity index (χ0n) is 32.9. The molecule has 0 unspecified atom stereocenters. The van der Waals surface area contributed by atoms with E-state index < -0.39 is 0 Å². The Bertz CT molecular complexity index is 897. The topological polar surface area (TPSA) is 38.8 Å². The van der Waals surface area contributed by atoms with Gasteiger partial charge in [0.2, 0.25) is 0 Å². The van der Waals surface area contributed by atoms with E-state index in [-0.39, 0.29) is 5.91 Å². The van der Waals surface area contributed by atoms with Gasteiger partial charge in [-0.25, -0.2) is 0 Å². The number of ether oxygens (including phenoxy) is 2. The van der Waals surface area contributed by atoms with E-state index in [0.29, 0.717) is 17.1 Å². The number of carbonyl (C=O) groups excluding carboxylic acids is 1. The monoisotopic (exact) mass is 682 g/mol. The first-order valence-electron chi connectivity index (χ1n) is 21.1. The van der Waals surface area contributed by atoms with Crippen molar-refractivity contribution in [2.24, 2.45) is 0 Å². The lowest BCUT2D eigenvalue weighted by atomic mass is 10.0. The number of nitrogens with zero attached hydrogens (tertiary/aromatic N) is 1. The average Bonchev–Trinajstić information content (AvgIpc) is 3.12. The van der Waals surface area contributed by atoms with E-state index in [4.69, 9.17) is 9.47 Å². The predicted molar refractivity (Wildman–Crippen MR) is 214 cm³/mol. The van der Waals surface area contributed by atoms with Crippen LogP contribution in [0.5, 0.6) is 11.5 Å². The van der Waals surface area contributed by atoms with E-state index in [1.54, 1.807) is 31.3 Å². The van der Waals surface area contributed by atoms with Gasteiger partial charge in [-0.05, 0) is 37.8 Å². The largest absolute Gasteiger partial charge is 0.497 e. The second-order valence-corrected chi connectivity index (χ2v) is 14.3. The molecule has 0 spiro atoms. The van der Waals surface area contributed by atoms with Gasteiger partial charge in [0.15, 0.2) is 0 Å². The second kappa shape index (κ2) is 34.2. The highest BCUT2D eigenvalue weighted by atomic mass is 16.5. The Hall–Kier alpha value is -2.23. The van der Waals surface area contributed by atoms with Crippen LogP contribution in [0.3, 0.4) is 0 Å². The summed E-state index contributed by atoms with van der Waals surface area (Å²) in [5.41, 5.74) is 0.547. The van der Waals surface area contributed by atoms with Gasteiger partial charge in [0.25, 0.3) is 5.91 Å². The normalized spacial score (nSPS) is 11.6. The number of hydrogen-bond acceptors (Lipinski definition) is 3. The summed E-state index contributed by atoms with van der Waals surface area (Å²) in [7, 11) is 3.23. The van der Waals surface area contributed by atoms with E-state index in [0.717, 1.165) is 12.8 Å². The van der Waals surface area contributed by atoms with Crippen LogP contribution < -0.4 is 9.47 Å². The molecule has 1 aromatic carbocycles. The summed E-state index contributed by atoms with van der Waals surface area (Å²) in [6, 6.07) is 5.41. The lowest BCUT2D eigenvalue weighted by molar-refractivity contribution is 0.0865. The molecule has 0 heterocycles. The van der Waals surface area contributed by atoms with Gasteiger partial charge >= 0.3 is 0 Å². The van der Waals surface area contributed by atoms with Crippen molar-refractivity contribution < 1.29 is 14.3 Å². The van der Waals surface area contributed by atoms with Crippen molar-refractivity contribution >= 4 is 5.91 Å². The van der Waals surface area contributed by atoms with Crippen LogP contribution in [0.15, 0.2) is 42.8 Å². The smallest absolute Gasteiger partial charge is 0.265 e. The number of benzene rings is 1. The third-order valence-electron chi connectivity index (χ3n) is 9.85. The van der Waals surface area contributed by atoms with Gasteiger partial charge in [-0.2, -0.15) is 0 Å². The van der Waals surface area contributed by atoms with Crippen LogP contribution in [-0.2, 0) is 0 Å². The third-order valence-corrected chi connectivity index (χ3v) is 9.85. The maximum atomic E-state index is 13.6. The van der Waals surface area contributed by atoms with Crippen LogP contribution in [0.25, 0.3) is 0 Å². The SMILES string of the molecule is CCCCCCCCCCCCCCCCC=CN(C=CCCCCCCCCCCCCCCCC)C(=O)c1ccc(OC)cc1OC. The van der Waals surface area contributed by atoms with E-state index >= 15 is 0 Å². The second-order valence-electron chi connectivity index (χ2n) is 14.3. The number of amides is 1. The molecule has 0 saturated carbocycles. The van der Waals surface area contributed by atoms with Crippen LogP contribution in [0.1, 0.15) is 217 Å². The summed E-state index contributed by atoms with van der Waals surface area (Å²) in [6.07, 6.45) is 48.5. The molecule has 0 saturated heterocycles. The molecule has 0 bridgehead atoms. The highest BCUT2D eigenvalue weighted by Gasteiger charge is 2.17.